The number of hydrogen-bond donors (Lipinski definition) is 2. The Morgan fingerprint density at radius 2 is 1.84 bits per heavy atom. The summed E-state index contributed by atoms with van der Waals surface area (Å²) in [6.07, 6.45) is 0.783. The van der Waals surface area contributed by atoms with Crippen LogP contribution < -0.4 is 15.4 Å². The number of nitrogens with zero attached hydrogens (tertiary/aromatic N) is 2. The van der Waals surface area contributed by atoms with Crippen LogP contribution in [0.1, 0.15) is 18.9 Å². The van der Waals surface area contributed by atoms with Gasteiger partial charge >= 0.3 is 0 Å². The number of hydrogen-bond acceptors (Lipinski definition) is 7. The fourth-order valence-corrected chi connectivity index (χ4v) is 3.19. The maximum Gasteiger partial charge on any atom is 0.236 e. The largest absolute Gasteiger partial charge is 0.492 e. The lowest BCUT2D eigenvalue weighted by atomic mass is 10.3. The first-order valence-electron chi connectivity index (χ1n) is 7.84. The molecule has 9 heteroatoms. The minimum atomic E-state index is -0.202. The molecule has 2 N–H and O–H groups in total. The highest BCUT2D eigenvalue weighted by Crippen LogP contribution is 2.23. The summed E-state index contributed by atoms with van der Waals surface area (Å²) >= 11 is 2.58. The van der Waals surface area contributed by atoms with E-state index in [9.17, 15) is 9.59 Å². The normalized spacial score (nSPS) is 10.3. The molecule has 0 atom stereocenters. The summed E-state index contributed by atoms with van der Waals surface area (Å²) in [6.45, 7) is 4.38. The van der Waals surface area contributed by atoms with Gasteiger partial charge in [-0.15, -0.1) is 22.0 Å². The Hall–Kier alpha value is -2.13. The van der Waals surface area contributed by atoms with Gasteiger partial charge in [0.15, 0.2) is 0 Å². The second kappa shape index (κ2) is 10.00. The average molecular weight is 380 g/mol. The lowest BCUT2D eigenvalue weighted by Gasteiger charge is -2.11. The Bertz CT molecular complexity index is 721. The molecule has 0 radical (unpaired) electrons. The van der Waals surface area contributed by atoms with Crippen LogP contribution in [-0.2, 0) is 16.0 Å². The first kappa shape index (κ1) is 19.2. The molecule has 2 rings (SSSR count). The highest BCUT2D eigenvalue weighted by molar-refractivity contribution is 8.00. The van der Waals surface area contributed by atoms with E-state index in [1.165, 1.54) is 23.1 Å². The molecule has 25 heavy (non-hydrogen) atoms. The Kier molecular flexibility index (Phi) is 7.68. The third-order valence-electron chi connectivity index (χ3n) is 2.94. The third kappa shape index (κ3) is 6.35. The first-order chi connectivity index (χ1) is 12.1. The van der Waals surface area contributed by atoms with Gasteiger partial charge in [-0.2, -0.15) is 0 Å². The SMILES string of the molecule is CCOc1ccccc1NC(=O)CSCC(=O)Nc1nnc(CC)s1. The lowest BCUT2D eigenvalue weighted by molar-refractivity contribution is -0.114. The predicted octanol–water partition coefficient (Wildman–Crippen LogP) is 2.81. The second-order valence-corrected chi connectivity index (χ2v) is 6.92. The number of para-hydroxylation sites is 2. The third-order valence-corrected chi connectivity index (χ3v) is 4.86. The predicted molar refractivity (Wildman–Crippen MR) is 101 cm³/mol. The fourth-order valence-electron chi connectivity index (χ4n) is 1.88. The Labute approximate surface area is 154 Å². The zero-order chi connectivity index (χ0) is 18.1. The monoisotopic (exact) mass is 380 g/mol. The van der Waals surface area contributed by atoms with Gasteiger partial charge in [-0.1, -0.05) is 30.4 Å². The van der Waals surface area contributed by atoms with Crippen molar-refractivity contribution in [2.75, 3.05) is 28.7 Å². The number of carbonyl (C=O) groups excluding carboxylic acids is 2. The number of aryl methyl sites for hydroxylation is 1. The smallest absolute Gasteiger partial charge is 0.236 e. The summed E-state index contributed by atoms with van der Waals surface area (Å²) in [4.78, 5) is 23.9. The van der Waals surface area contributed by atoms with Crippen LogP contribution in [0.15, 0.2) is 24.3 Å². The zero-order valence-electron chi connectivity index (χ0n) is 14.1. The number of benzene rings is 1. The quantitative estimate of drug-likeness (QED) is 0.695. The summed E-state index contributed by atoms with van der Waals surface area (Å²) < 4.78 is 5.46. The molecule has 2 aromatic rings. The molecular weight excluding hydrogens is 360 g/mol. The van der Waals surface area contributed by atoms with Crippen LogP contribution in [0, 0.1) is 0 Å². The van der Waals surface area contributed by atoms with Gasteiger partial charge in [-0.3, -0.25) is 14.9 Å². The highest BCUT2D eigenvalue weighted by Gasteiger charge is 2.10. The van der Waals surface area contributed by atoms with E-state index in [4.69, 9.17) is 4.74 Å². The zero-order valence-corrected chi connectivity index (χ0v) is 15.7. The van der Waals surface area contributed by atoms with Crippen molar-refractivity contribution in [1.29, 1.82) is 0 Å². The minimum absolute atomic E-state index is 0.168. The van der Waals surface area contributed by atoms with E-state index in [1.54, 1.807) is 12.1 Å². The number of amides is 2. The summed E-state index contributed by atoms with van der Waals surface area (Å²) in [5, 5.41) is 14.7. The number of carbonyl (C=O) groups is 2. The number of nitrogens with one attached hydrogen (secondary N) is 2. The van der Waals surface area contributed by atoms with Crippen LogP contribution >= 0.6 is 23.1 Å². The molecular formula is C16H20N4O3S2. The van der Waals surface area contributed by atoms with Crippen molar-refractivity contribution in [3.8, 4) is 5.75 Å². The number of anilines is 2. The molecule has 0 aliphatic carbocycles. The van der Waals surface area contributed by atoms with Gasteiger partial charge in [0.25, 0.3) is 0 Å². The van der Waals surface area contributed by atoms with Crippen molar-refractivity contribution >= 4 is 45.7 Å². The first-order valence-corrected chi connectivity index (χ1v) is 9.81. The van der Waals surface area contributed by atoms with Crippen molar-refractivity contribution in [3.05, 3.63) is 29.3 Å². The van der Waals surface area contributed by atoms with Gasteiger partial charge in [0, 0.05) is 0 Å². The van der Waals surface area contributed by atoms with Crippen molar-refractivity contribution in [2.45, 2.75) is 20.3 Å². The average Bonchev–Trinajstić information content (AvgIpc) is 3.04. The van der Waals surface area contributed by atoms with Crippen LogP contribution in [0.5, 0.6) is 5.75 Å². The molecule has 2 amide bonds. The van der Waals surface area contributed by atoms with Gasteiger partial charge in [0.1, 0.15) is 10.8 Å². The molecule has 0 fully saturated rings. The Balaban J connectivity index is 1.74. The van der Waals surface area contributed by atoms with Crippen molar-refractivity contribution in [3.63, 3.8) is 0 Å². The van der Waals surface area contributed by atoms with E-state index < -0.39 is 0 Å². The van der Waals surface area contributed by atoms with E-state index in [1.807, 2.05) is 26.0 Å². The number of ether oxygens (including phenoxy) is 1. The van der Waals surface area contributed by atoms with Gasteiger partial charge in [-0.25, -0.2) is 0 Å². The van der Waals surface area contributed by atoms with Gasteiger partial charge in [0.05, 0.1) is 23.8 Å². The van der Waals surface area contributed by atoms with Crippen molar-refractivity contribution < 1.29 is 14.3 Å². The molecule has 134 valence electrons. The topological polar surface area (TPSA) is 93.2 Å². The van der Waals surface area contributed by atoms with E-state index in [0.29, 0.717) is 23.2 Å². The maximum atomic E-state index is 12.0. The van der Waals surface area contributed by atoms with Crippen LogP contribution in [0.25, 0.3) is 0 Å². The van der Waals surface area contributed by atoms with E-state index in [0.717, 1.165) is 11.4 Å². The molecule has 0 saturated carbocycles. The standard InChI is InChI=1S/C16H20N4O3S2/c1-3-15-19-20-16(25-15)18-14(22)10-24-9-13(21)17-11-7-5-6-8-12(11)23-4-2/h5-8H,3-4,9-10H2,1-2H3,(H,17,21)(H,18,20,22). The minimum Gasteiger partial charge on any atom is -0.492 e. The molecule has 0 unspecified atom stereocenters. The van der Waals surface area contributed by atoms with Crippen LogP contribution in [0.4, 0.5) is 10.8 Å². The van der Waals surface area contributed by atoms with Crippen LogP contribution in [-0.4, -0.2) is 40.1 Å². The van der Waals surface area contributed by atoms with E-state index >= 15 is 0 Å². The highest BCUT2D eigenvalue weighted by atomic mass is 32.2. The van der Waals surface area contributed by atoms with Gasteiger partial charge < -0.3 is 10.1 Å². The molecule has 1 aromatic carbocycles. The Morgan fingerprint density at radius 3 is 2.52 bits per heavy atom. The Morgan fingerprint density at radius 1 is 1.12 bits per heavy atom. The molecule has 1 heterocycles. The molecule has 1 aromatic heterocycles. The summed E-state index contributed by atoms with van der Waals surface area (Å²) in [6, 6.07) is 7.25. The molecule has 0 aliphatic heterocycles. The van der Waals surface area contributed by atoms with E-state index in [-0.39, 0.29) is 23.3 Å². The number of thioether (sulfide) groups is 1. The van der Waals surface area contributed by atoms with Crippen LogP contribution in [0.2, 0.25) is 0 Å². The summed E-state index contributed by atoms with van der Waals surface area (Å²) in [5.41, 5.74) is 0.625. The van der Waals surface area contributed by atoms with Gasteiger partial charge in [-0.05, 0) is 25.5 Å². The molecule has 0 aliphatic rings. The fraction of sp³-hybridized carbons (Fsp3) is 0.375. The maximum absolute atomic E-state index is 12.0. The molecule has 0 saturated heterocycles. The van der Waals surface area contributed by atoms with Gasteiger partial charge in [0.2, 0.25) is 16.9 Å². The molecule has 0 spiro atoms. The summed E-state index contributed by atoms with van der Waals surface area (Å²) in [7, 11) is 0. The van der Waals surface area contributed by atoms with Crippen molar-refractivity contribution in [2.24, 2.45) is 0 Å². The molecule has 0 bridgehead atoms. The van der Waals surface area contributed by atoms with Crippen molar-refractivity contribution in [1.82, 2.24) is 10.2 Å². The lowest BCUT2D eigenvalue weighted by Crippen LogP contribution is -2.18. The number of aromatic nitrogens is 2. The van der Waals surface area contributed by atoms with Crippen LogP contribution in [0.3, 0.4) is 0 Å². The number of rotatable bonds is 9. The van der Waals surface area contributed by atoms with E-state index in [2.05, 4.69) is 20.8 Å². The summed E-state index contributed by atoms with van der Waals surface area (Å²) in [5.74, 6) is 0.579. The molecule has 7 nitrogen and oxygen atoms in total. The second-order valence-electron chi connectivity index (χ2n) is 4.87.